The Hall–Kier alpha value is -8.83. The highest BCUT2D eigenvalue weighted by Gasteiger charge is 2.33. The fourth-order valence-electron chi connectivity index (χ4n) is 11.3. The Morgan fingerprint density at radius 3 is 0.971 bits per heavy atom. The predicted octanol–water partition coefficient (Wildman–Crippen LogP) is 18.0. The molecule has 0 amide bonds. The molecule has 14 rings (SSSR count). The first-order chi connectivity index (χ1) is 34.7. The minimum absolute atomic E-state index is 1.13. The Balaban J connectivity index is 0.929. The summed E-state index contributed by atoms with van der Waals surface area (Å²) >= 11 is 0. The Morgan fingerprint density at radius 2 is 0.514 bits per heavy atom. The molecule has 0 saturated heterocycles. The smallest absolute Gasteiger partial charge is 0.0548 e. The molecule has 14 aromatic rings. The molecule has 3 aromatic heterocycles. The van der Waals surface area contributed by atoms with Crippen molar-refractivity contribution < 1.29 is 0 Å². The number of nitrogens with zero attached hydrogens (tertiary/aromatic N) is 3. The summed E-state index contributed by atoms with van der Waals surface area (Å²) in [4.78, 5) is 5.17. The van der Waals surface area contributed by atoms with E-state index in [0.29, 0.717) is 0 Å². The van der Waals surface area contributed by atoms with Gasteiger partial charge in [0.25, 0.3) is 0 Å². The summed E-state index contributed by atoms with van der Waals surface area (Å²) in [6.07, 6.45) is 0. The van der Waals surface area contributed by atoms with E-state index in [-0.39, 0.29) is 0 Å². The average molecular weight is 912 g/mol. The van der Waals surface area contributed by atoms with Crippen LogP contribution >= 0.6 is 10.0 Å². The standard InChI is InChI=1S/C66H45N3S/c1-5-19-48(20-6-1)67-61-30-16-13-27-55(61)58-43-47(35-42-64(58)67)46-33-38-53(39-34-46)70(51-23-9-3-10-24-51,52-25-11-4-12-26-52)54-40-36-50(37-41-54)69-63-32-18-15-29-57(63)60-44-65-59(45-66(60)69)56-28-14-17-31-62(56)68(65)49-21-7-2-8-22-49/h1-45H. The highest BCUT2D eigenvalue weighted by Crippen LogP contribution is 2.73. The third-order valence-electron chi connectivity index (χ3n) is 14.4. The molecule has 0 aliphatic rings. The molecular formula is C66H45N3S. The number of para-hydroxylation sites is 5. The molecule has 70 heavy (non-hydrogen) atoms. The van der Waals surface area contributed by atoms with Gasteiger partial charge >= 0.3 is 0 Å². The average Bonchev–Trinajstić information content (AvgIpc) is 4.07. The number of rotatable bonds is 8. The Kier molecular flexibility index (Phi) is 9.29. The van der Waals surface area contributed by atoms with Gasteiger partial charge in [0.15, 0.2) is 0 Å². The number of fused-ring (bicyclic) bond motifs is 9. The lowest BCUT2D eigenvalue weighted by atomic mass is 10.0. The molecule has 0 bridgehead atoms. The van der Waals surface area contributed by atoms with Gasteiger partial charge in [-0.2, -0.15) is 0 Å². The summed E-state index contributed by atoms with van der Waals surface area (Å²) < 4.78 is 7.26. The van der Waals surface area contributed by atoms with Crippen LogP contribution in [0.2, 0.25) is 0 Å². The van der Waals surface area contributed by atoms with Gasteiger partial charge in [0.1, 0.15) is 0 Å². The molecule has 0 spiro atoms. The van der Waals surface area contributed by atoms with Crippen molar-refractivity contribution in [3.63, 3.8) is 0 Å². The molecule has 0 radical (unpaired) electrons. The third-order valence-corrected chi connectivity index (χ3v) is 18.3. The van der Waals surface area contributed by atoms with E-state index >= 15 is 0 Å². The fourth-order valence-corrected chi connectivity index (χ4v) is 15.1. The van der Waals surface area contributed by atoms with Crippen LogP contribution in [-0.2, 0) is 0 Å². The zero-order valence-electron chi connectivity index (χ0n) is 38.2. The van der Waals surface area contributed by atoms with Gasteiger partial charge in [-0.25, -0.2) is 0 Å². The first-order valence-electron chi connectivity index (χ1n) is 24.0. The van der Waals surface area contributed by atoms with Crippen LogP contribution in [0.5, 0.6) is 0 Å². The Labute approximate surface area is 407 Å². The maximum atomic E-state index is 2.47. The van der Waals surface area contributed by atoms with Crippen molar-refractivity contribution in [3.05, 3.63) is 273 Å². The summed E-state index contributed by atoms with van der Waals surface area (Å²) in [5.41, 5.74) is 13.1. The second-order valence-electron chi connectivity index (χ2n) is 18.1. The van der Waals surface area contributed by atoms with E-state index in [9.17, 15) is 0 Å². The zero-order valence-corrected chi connectivity index (χ0v) is 39.0. The minimum atomic E-state index is -1.96. The number of hydrogen-bond donors (Lipinski definition) is 0. The third kappa shape index (κ3) is 6.10. The lowest BCUT2D eigenvalue weighted by molar-refractivity contribution is 1.16. The first-order valence-corrected chi connectivity index (χ1v) is 25.6. The molecule has 3 nitrogen and oxygen atoms in total. The highest BCUT2D eigenvalue weighted by molar-refractivity contribution is 8.34. The Morgan fingerprint density at radius 1 is 0.200 bits per heavy atom. The molecule has 0 aliphatic heterocycles. The molecule has 330 valence electrons. The monoisotopic (exact) mass is 911 g/mol. The van der Waals surface area contributed by atoms with Crippen molar-refractivity contribution in [2.75, 3.05) is 0 Å². The van der Waals surface area contributed by atoms with E-state index in [4.69, 9.17) is 0 Å². The van der Waals surface area contributed by atoms with Crippen molar-refractivity contribution in [1.82, 2.24) is 13.7 Å². The number of benzene rings is 11. The lowest BCUT2D eigenvalue weighted by Gasteiger charge is -2.42. The first kappa shape index (κ1) is 40.3. The largest absolute Gasteiger partial charge is 0.309 e. The fraction of sp³-hybridized carbons (Fsp3) is 0. The summed E-state index contributed by atoms with van der Waals surface area (Å²) in [6, 6.07) is 101. The van der Waals surface area contributed by atoms with E-state index in [1.165, 1.54) is 102 Å². The van der Waals surface area contributed by atoms with Crippen LogP contribution in [0.1, 0.15) is 0 Å². The van der Waals surface area contributed by atoms with Crippen molar-refractivity contribution in [2.45, 2.75) is 19.6 Å². The number of aromatic nitrogens is 3. The van der Waals surface area contributed by atoms with Gasteiger partial charge in [-0.05, 0) is 139 Å². The Bertz CT molecular complexity index is 4210. The van der Waals surface area contributed by atoms with Crippen LogP contribution in [0.4, 0.5) is 0 Å². The van der Waals surface area contributed by atoms with Gasteiger partial charge in [-0.1, -0.05) is 146 Å². The molecule has 11 aromatic carbocycles. The van der Waals surface area contributed by atoms with Gasteiger partial charge in [0.05, 0.1) is 33.1 Å². The second-order valence-corrected chi connectivity index (χ2v) is 21.2. The van der Waals surface area contributed by atoms with Crippen LogP contribution in [0.15, 0.2) is 293 Å². The van der Waals surface area contributed by atoms with E-state index < -0.39 is 10.0 Å². The van der Waals surface area contributed by atoms with Crippen molar-refractivity contribution in [3.8, 4) is 28.2 Å². The summed E-state index contributed by atoms with van der Waals surface area (Å²) in [6.45, 7) is 0. The SMILES string of the molecule is c1ccc(-n2c3ccccc3c3cc(-c4ccc(S(c5ccccc5)(c5ccccc5)c5ccc(-n6c7ccccc7c7cc8c(cc76)c6ccccc6n8-c6ccccc6)cc5)cc4)ccc32)cc1. The van der Waals surface area contributed by atoms with Gasteiger partial charge < -0.3 is 13.7 Å². The van der Waals surface area contributed by atoms with Gasteiger partial charge in [0.2, 0.25) is 0 Å². The van der Waals surface area contributed by atoms with Crippen LogP contribution < -0.4 is 0 Å². The van der Waals surface area contributed by atoms with Crippen LogP contribution in [0, 0.1) is 0 Å². The van der Waals surface area contributed by atoms with E-state index in [1.54, 1.807) is 0 Å². The molecule has 0 saturated carbocycles. The van der Waals surface area contributed by atoms with Crippen molar-refractivity contribution in [1.29, 1.82) is 0 Å². The summed E-state index contributed by atoms with van der Waals surface area (Å²) in [5, 5.41) is 7.47. The molecular weight excluding hydrogens is 867 g/mol. The predicted molar refractivity (Wildman–Crippen MR) is 295 cm³/mol. The van der Waals surface area contributed by atoms with Crippen LogP contribution in [-0.4, -0.2) is 13.7 Å². The van der Waals surface area contributed by atoms with Crippen LogP contribution in [0.25, 0.3) is 93.6 Å². The molecule has 0 fully saturated rings. The molecule has 0 atom stereocenters. The van der Waals surface area contributed by atoms with E-state index in [0.717, 1.165) is 11.4 Å². The van der Waals surface area contributed by atoms with Gasteiger partial charge in [-0.15, -0.1) is 10.0 Å². The van der Waals surface area contributed by atoms with Gasteiger partial charge in [0, 0.05) is 69.0 Å². The molecule has 0 unspecified atom stereocenters. The topological polar surface area (TPSA) is 14.8 Å². The second kappa shape index (κ2) is 16.2. The normalized spacial score (nSPS) is 12.2. The number of hydrogen-bond acceptors (Lipinski definition) is 0. The molecule has 0 aliphatic carbocycles. The van der Waals surface area contributed by atoms with Crippen molar-refractivity contribution in [2.24, 2.45) is 0 Å². The highest BCUT2D eigenvalue weighted by atomic mass is 32.3. The maximum Gasteiger partial charge on any atom is 0.0548 e. The quantitative estimate of drug-likeness (QED) is 0.144. The molecule has 4 heteroatoms. The zero-order chi connectivity index (χ0) is 46.2. The molecule has 0 N–H and O–H groups in total. The minimum Gasteiger partial charge on any atom is -0.309 e. The lowest BCUT2D eigenvalue weighted by Crippen LogP contribution is -2.05. The van der Waals surface area contributed by atoms with Gasteiger partial charge in [-0.3, -0.25) is 0 Å². The van der Waals surface area contributed by atoms with E-state index in [2.05, 4.69) is 287 Å². The van der Waals surface area contributed by atoms with Crippen LogP contribution in [0.3, 0.4) is 0 Å². The van der Waals surface area contributed by atoms with Crippen molar-refractivity contribution >= 4 is 75.4 Å². The summed E-state index contributed by atoms with van der Waals surface area (Å²) in [7, 11) is -1.96. The summed E-state index contributed by atoms with van der Waals surface area (Å²) in [5.74, 6) is 0. The van der Waals surface area contributed by atoms with E-state index in [1.807, 2.05) is 0 Å². The molecule has 3 heterocycles. The maximum absolute atomic E-state index is 2.47.